The second kappa shape index (κ2) is 12.3. The zero-order valence-electron chi connectivity index (χ0n) is 21.1. The van der Waals surface area contributed by atoms with Crippen LogP contribution in [0.1, 0.15) is 32.8 Å². The molecule has 9 heteroatoms. The smallest absolute Gasteiger partial charge is 0.233 e. The molecule has 1 aliphatic heterocycles. The molecule has 2 aromatic rings. The van der Waals surface area contributed by atoms with Crippen LogP contribution in [0.15, 0.2) is 54.6 Å². The summed E-state index contributed by atoms with van der Waals surface area (Å²) in [5.74, 6) is 6.55. The van der Waals surface area contributed by atoms with Gasteiger partial charge >= 0.3 is 0 Å². The predicted octanol–water partition coefficient (Wildman–Crippen LogP) is 3.22. The Hall–Kier alpha value is -3.06. The third kappa shape index (κ3) is 7.23. The molecule has 0 bridgehead atoms. The largest absolute Gasteiger partial charge is 0.494 e. The fraction of sp³-hybridized carbons (Fsp3) is 0.444. The molecule has 0 saturated carbocycles. The van der Waals surface area contributed by atoms with Crippen LogP contribution in [0, 0.1) is 17.3 Å². The van der Waals surface area contributed by atoms with Crippen LogP contribution in [-0.4, -0.2) is 74.0 Å². The van der Waals surface area contributed by atoms with E-state index in [2.05, 4.69) is 16.7 Å². The average Bonchev–Trinajstić information content (AvgIpc) is 2.88. The van der Waals surface area contributed by atoms with E-state index < -0.39 is 21.5 Å². The summed E-state index contributed by atoms with van der Waals surface area (Å²) in [6.07, 6.45) is 0.564. The monoisotopic (exact) mass is 513 g/mol. The predicted molar refractivity (Wildman–Crippen MR) is 140 cm³/mol. The van der Waals surface area contributed by atoms with Gasteiger partial charge in [0.2, 0.25) is 16.4 Å². The van der Waals surface area contributed by atoms with Gasteiger partial charge in [0.1, 0.15) is 5.75 Å². The molecule has 1 aliphatic rings. The van der Waals surface area contributed by atoms with Gasteiger partial charge in [0.15, 0.2) is 0 Å². The van der Waals surface area contributed by atoms with Crippen molar-refractivity contribution in [1.29, 1.82) is 0 Å². The van der Waals surface area contributed by atoms with Gasteiger partial charge in [-0.05, 0) is 48.7 Å². The summed E-state index contributed by atoms with van der Waals surface area (Å²) >= 11 is 0. The number of hydrogen-bond donors (Lipinski definition) is 1. The lowest BCUT2D eigenvalue weighted by atomic mass is 9.82. The summed E-state index contributed by atoms with van der Waals surface area (Å²) in [5, 5.41) is 10.8. The maximum Gasteiger partial charge on any atom is 0.233 e. The van der Waals surface area contributed by atoms with Crippen molar-refractivity contribution in [2.45, 2.75) is 33.2 Å². The summed E-state index contributed by atoms with van der Waals surface area (Å²) in [6, 6.07) is 16.3. The van der Waals surface area contributed by atoms with Crippen molar-refractivity contribution >= 4 is 22.1 Å². The molecular weight excluding hydrogens is 478 g/mol. The van der Waals surface area contributed by atoms with E-state index in [1.165, 1.54) is 4.31 Å². The highest BCUT2D eigenvalue weighted by Gasteiger charge is 2.39. The van der Waals surface area contributed by atoms with Crippen LogP contribution in [0.2, 0.25) is 0 Å². The van der Waals surface area contributed by atoms with Gasteiger partial charge in [0, 0.05) is 43.9 Å². The van der Waals surface area contributed by atoms with Crippen LogP contribution in [-0.2, 0) is 14.8 Å². The van der Waals surface area contributed by atoms with E-state index >= 15 is 0 Å². The van der Waals surface area contributed by atoms with E-state index in [1.54, 1.807) is 0 Å². The van der Waals surface area contributed by atoms with Crippen LogP contribution in [0.4, 0.5) is 5.69 Å². The minimum absolute atomic E-state index is 0.260. The summed E-state index contributed by atoms with van der Waals surface area (Å²) in [5.41, 5.74) is 1.09. The van der Waals surface area contributed by atoms with Crippen molar-refractivity contribution in [2.24, 2.45) is 5.41 Å². The molecule has 0 aromatic heterocycles. The van der Waals surface area contributed by atoms with E-state index in [9.17, 15) is 18.4 Å². The van der Waals surface area contributed by atoms with E-state index in [4.69, 9.17) is 4.74 Å². The van der Waals surface area contributed by atoms with Gasteiger partial charge in [0.05, 0.1) is 18.4 Å². The first-order valence-electron chi connectivity index (χ1n) is 12.1. The quantitative estimate of drug-likeness (QED) is 0.227. The Morgan fingerprint density at radius 3 is 2.31 bits per heavy atom. The zero-order chi connectivity index (χ0) is 26.2. The summed E-state index contributed by atoms with van der Waals surface area (Å²) in [7, 11) is -3.74. The second-order valence-corrected chi connectivity index (χ2v) is 11.4. The van der Waals surface area contributed by atoms with Crippen LogP contribution in [0.25, 0.3) is 0 Å². The molecule has 0 spiro atoms. The van der Waals surface area contributed by atoms with E-state index in [1.807, 2.05) is 75.4 Å². The summed E-state index contributed by atoms with van der Waals surface area (Å²) in [6.45, 7) is 7.88. The maximum absolute atomic E-state index is 13.3. The topological polar surface area (TPSA) is 90.4 Å². The molecule has 1 amide bonds. The SMILES string of the molecule is CCOc1ccc(N2CCN(S(=O)(=O)CC(N(O)C=O)C(C)(C)CC#Cc3ccccc3)CC2)cc1. The van der Waals surface area contributed by atoms with Crippen molar-refractivity contribution < 1.29 is 23.2 Å². The number of carbonyl (C=O) groups excluding carboxylic acids is 1. The Morgan fingerprint density at radius 2 is 1.72 bits per heavy atom. The number of hydroxylamine groups is 2. The number of sulfonamides is 1. The van der Waals surface area contributed by atoms with E-state index in [-0.39, 0.29) is 12.2 Å². The van der Waals surface area contributed by atoms with Gasteiger partial charge < -0.3 is 9.64 Å². The third-order valence-corrected chi connectivity index (χ3v) is 8.28. The molecule has 2 aromatic carbocycles. The molecule has 1 N–H and O–H groups in total. The molecule has 1 heterocycles. The zero-order valence-corrected chi connectivity index (χ0v) is 21.9. The van der Waals surface area contributed by atoms with Crippen LogP contribution in [0.3, 0.4) is 0 Å². The number of hydrogen-bond acceptors (Lipinski definition) is 6. The molecule has 1 atom stereocenters. The van der Waals surface area contributed by atoms with Gasteiger partial charge in [-0.2, -0.15) is 4.31 Å². The Balaban J connectivity index is 1.65. The van der Waals surface area contributed by atoms with Crippen LogP contribution in [0.5, 0.6) is 5.75 Å². The van der Waals surface area contributed by atoms with Crippen LogP contribution < -0.4 is 9.64 Å². The Labute approximate surface area is 214 Å². The molecule has 1 fully saturated rings. The number of piperazine rings is 1. The molecule has 36 heavy (non-hydrogen) atoms. The first kappa shape index (κ1) is 27.5. The normalized spacial score (nSPS) is 15.5. The van der Waals surface area contributed by atoms with E-state index in [0.29, 0.717) is 44.3 Å². The number of rotatable bonds is 10. The first-order valence-corrected chi connectivity index (χ1v) is 13.7. The van der Waals surface area contributed by atoms with Crippen LogP contribution >= 0.6 is 0 Å². The fourth-order valence-corrected chi connectivity index (χ4v) is 6.13. The summed E-state index contributed by atoms with van der Waals surface area (Å²) < 4.78 is 33.6. The molecule has 8 nitrogen and oxygen atoms in total. The molecule has 1 unspecified atom stereocenters. The number of carbonyl (C=O) groups is 1. The van der Waals surface area contributed by atoms with E-state index in [0.717, 1.165) is 17.0 Å². The number of amides is 1. The Kier molecular flexibility index (Phi) is 9.37. The lowest BCUT2D eigenvalue weighted by Gasteiger charge is -2.39. The highest BCUT2D eigenvalue weighted by Crippen LogP contribution is 2.30. The number of ether oxygens (including phenoxy) is 1. The molecular formula is C27H35N3O5S. The van der Waals surface area contributed by atoms with Gasteiger partial charge in [-0.3, -0.25) is 10.0 Å². The number of nitrogens with zero attached hydrogens (tertiary/aromatic N) is 3. The van der Waals surface area contributed by atoms with Gasteiger partial charge in [-0.15, -0.1) is 0 Å². The lowest BCUT2D eigenvalue weighted by molar-refractivity contribution is -0.168. The standard InChI is InChI=1S/C27H35N3O5S/c1-4-35-25-14-12-24(13-15-25)28-17-19-29(20-18-28)36(33,34)21-26(30(32)22-31)27(2,3)16-8-11-23-9-6-5-7-10-23/h5-7,9-10,12-15,22,26,32H,4,16-21H2,1-3H3. The molecule has 194 valence electrons. The van der Waals surface area contributed by atoms with Crippen molar-refractivity contribution in [1.82, 2.24) is 9.37 Å². The van der Waals surface area contributed by atoms with Crippen molar-refractivity contribution in [3.63, 3.8) is 0 Å². The summed E-state index contributed by atoms with van der Waals surface area (Å²) in [4.78, 5) is 13.6. The van der Waals surface area contributed by atoms with Gasteiger partial charge in [-0.1, -0.05) is 43.9 Å². The molecule has 1 saturated heterocycles. The van der Waals surface area contributed by atoms with Gasteiger partial charge in [0.25, 0.3) is 0 Å². The Morgan fingerprint density at radius 1 is 1.08 bits per heavy atom. The third-order valence-electron chi connectivity index (χ3n) is 6.39. The second-order valence-electron chi connectivity index (χ2n) is 9.43. The molecule has 0 aliphatic carbocycles. The Bertz CT molecular complexity index is 1150. The van der Waals surface area contributed by atoms with Gasteiger partial charge in [-0.25, -0.2) is 13.5 Å². The first-order chi connectivity index (χ1) is 17.2. The number of anilines is 1. The molecule has 3 rings (SSSR count). The fourth-order valence-electron chi connectivity index (χ4n) is 4.20. The average molecular weight is 514 g/mol. The van der Waals surface area contributed by atoms with Crippen molar-refractivity contribution in [2.75, 3.05) is 43.4 Å². The van der Waals surface area contributed by atoms with Crippen molar-refractivity contribution in [3.05, 3.63) is 60.2 Å². The minimum Gasteiger partial charge on any atom is -0.494 e. The highest BCUT2D eigenvalue weighted by atomic mass is 32.2. The maximum atomic E-state index is 13.3. The lowest BCUT2D eigenvalue weighted by Crippen LogP contribution is -2.54. The highest BCUT2D eigenvalue weighted by molar-refractivity contribution is 7.89. The minimum atomic E-state index is -3.74. The van der Waals surface area contributed by atoms with Crippen molar-refractivity contribution in [3.8, 4) is 17.6 Å². The molecule has 0 radical (unpaired) electrons. The number of benzene rings is 2.